The number of hydrogen-bond acceptors (Lipinski definition) is 8. The summed E-state index contributed by atoms with van der Waals surface area (Å²) >= 11 is 0. The Bertz CT molecular complexity index is 2450. The lowest BCUT2D eigenvalue weighted by molar-refractivity contribution is -0.136. The van der Waals surface area contributed by atoms with Gasteiger partial charge < -0.3 is 39.9 Å². The van der Waals surface area contributed by atoms with Gasteiger partial charge in [-0.25, -0.2) is 28.3 Å². The van der Waals surface area contributed by atoms with E-state index in [0.717, 1.165) is 16.8 Å². The summed E-state index contributed by atoms with van der Waals surface area (Å²) in [5, 5.41) is 6.93. The van der Waals surface area contributed by atoms with Gasteiger partial charge in [0.15, 0.2) is 0 Å². The third-order valence-electron chi connectivity index (χ3n) is 11.6. The topological polar surface area (TPSA) is 175 Å². The van der Waals surface area contributed by atoms with Gasteiger partial charge in [0.1, 0.15) is 35.7 Å². The summed E-state index contributed by atoms with van der Waals surface area (Å²) in [6.07, 6.45) is -0.356. The zero-order valence-electron chi connectivity index (χ0n) is 35.1. The number of aromatic nitrogens is 4. The number of imidazole rings is 2. The first-order valence-corrected chi connectivity index (χ1v) is 23.6. The summed E-state index contributed by atoms with van der Waals surface area (Å²) in [6, 6.07) is 12.5. The Balaban J connectivity index is 1.12. The number of alkyl carbamates (subject to hydrolysis) is 2. The Labute approximate surface area is 347 Å². The van der Waals surface area contributed by atoms with Crippen molar-refractivity contribution in [1.82, 2.24) is 40.4 Å². The van der Waals surface area contributed by atoms with Crippen LogP contribution in [-0.2, 0) is 19.1 Å². The van der Waals surface area contributed by atoms with Gasteiger partial charge in [0, 0.05) is 29.1 Å². The SMILES string of the molecule is COC(=O)N[C@H](C(=O)N1C[Si](C)(C)C[C@H]1c1ncc(-c2ccc(-c3ccc4c(ccc5nc([C@@H]6CC(F)CN6C(=O)[C@@H](NC(=O)OC)C(C)C)[nH]c54)c3)c(F)c2)[nH]1)C(C)C. The Morgan fingerprint density at radius 1 is 0.833 bits per heavy atom. The monoisotopic (exact) mass is 842 g/mol. The lowest BCUT2D eigenvalue weighted by Gasteiger charge is -2.30. The second-order valence-electron chi connectivity index (χ2n) is 17.3. The molecule has 0 spiro atoms. The van der Waals surface area contributed by atoms with Gasteiger partial charge in [0.2, 0.25) is 11.8 Å². The maximum atomic E-state index is 16.0. The number of halogens is 2. The Morgan fingerprint density at radius 2 is 1.48 bits per heavy atom. The van der Waals surface area contributed by atoms with Gasteiger partial charge in [-0.05, 0) is 47.0 Å². The number of nitrogens with zero attached hydrogens (tertiary/aromatic N) is 4. The number of ether oxygens (including phenoxy) is 2. The number of alkyl halides is 1. The summed E-state index contributed by atoms with van der Waals surface area (Å²) < 4.78 is 40.5. The molecule has 5 aromatic rings. The Hall–Kier alpha value is -5.84. The molecule has 7 rings (SSSR count). The van der Waals surface area contributed by atoms with Crippen molar-refractivity contribution in [2.45, 2.75) is 83.6 Å². The predicted molar refractivity (Wildman–Crippen MR) is 226 cm³/mol. The third kappa shape index (κ3) is 8.31. The molecule has 318 valence electrons. The molecule has 2 aromatic heterocycles. The summed E-state index contributed by atoms with van der Waals surface area (Å²) in [4.78, 5) is 71.0. The van der Waals surface area contributed by atoms with Gasteiger partial charge in [-0.2, -0.15) is 0 Å². The highest BCUT2D eigenvalue weighted by atomic mass is 28.3. The van der Waals surface area contributed by atoms with Crippen LogP contribution < -0.4 is 10.6 Å². The van der Waals surface area contributed by atoms with Crippen molar-refractivity contribution >= 4 is 53.9 Å². The van der Waals surface area contributed by atoms with Crippen LogP contribution in [0.3, 0.4) is 0 Å². The smallest absolute Gasteiger partial charge is 0.407 e. The number of hydrogen-bond donors (Lipinski definition) is 4. The molecule has 4 amide bonds. The van der Waals surface area contributed by atoms with Crippen molar-refractivity contribution in [3.05, 3.63) is 72.2 Å². The molecule has 0 bridgehead atoms. The standard InChI is InChI=1S/C43H52F2N8O6Si/c1-22(2)35(50-42(56)58-5)40(54)52-19-27(44)17-33(52)39-47-31-14-11-25-15-24(9-13-29(25)37(31)49-39)28-12-10-26(16-30(28)45)32-18-46-38(48-32)34-20-60(7,8)21-53(34)41(55)36(23(3)4)51-43(57)59-6/h9-16,18,22-23,27,33-36H,17,19-21H2,1-8H3,(H,46,48)(H,47,49)(H,50,56)(H,51,57)/t27?,33-,34-,35-,36-/m0/s1. The highest BCUT2D eigenvalue weighted by molar-refractivity contribution is 6.78. The van der Waals surface area contributed by atoms with E-state index in [1.165, 1.54) is 25.2 Å². The molecular formula is C43H52F2N8O6Si. The average molecular weight is 843 g/mol. The summed E-state index contributed by atoms with van der Waals surface area (Å²) in [5.74, 6) is -0.429. The lowest BCUT2D eigenvalue weighted by atomic mass is 9.98. The van der Waals surface area contributed by atoms with Gasteiger partial charge in [0.25, 0.3) is 0 Å². The van der Waals surface area contributed by atoms with E-state index < -0.39 is 56.3 Å². The Morgan fingerprint density at radius 3 is 2.12 bits per heavy atom. The molecule has 4 N–H and O–H groups in total. The number of likely N-dealkylation sites (tertiary alicyclic amines) is 1. The van der Waals surface area contributed by atoms with E-state index >= 15 is 4.39 Å². The van der Waals surface area contributed by atoms with E-state index in [0.29, 0.717) is 51.2 Å². The molecule has 60 heavy (non-hydrogen) atoms. The molecule has 17 heteroatoms. The molecule has 3 aromatic carbocycles. The van der Waals surface area contributed by atoms with Crippen molar-refractivity contribution < 1.29 is 37.4 Å². The molecule has 2 saturated heterocycles. The summed E-state index contributed by atoms with van der Waals surface area (Å²) in [6.45, 7) is 11.7. The van der Waals surface area contributed by atoms with Crippen molar-refractivity contribution in [3.63, 3.8) is 0 Å². The minimum absolute atomic E-state index is 0.0547. The molecule has 5 atom stereocenters. The van der Waals surface area contributed by atoms with Crippen LogP contribution in [0, 0.1) is 17.7 Å². The number of carbonyl (C=O) groups is 4. The zero-order chi connectivity index (χ0) is 43.2. The maximum Gasteiger partial charge on any atom is 0.407 e. The number of nitrogens with one attached hydrogen (secondary N) is 4. The lowest BCUT2D eigenvalue weighted by Crippen LogP contribution is -2.52. The third-order valence-corrected chi connectivity index (χ3v) is 14.3. The van der Waals surface area contributed by atoms with Crippen LogP contribution in [0.4, 0.5) is 18.4 Å². The van der Waals surface area contributed by atoms with Crippen molar-refractivity contribution in [3.8, 4) is 22.4 Å². The first-order chi connectivity index (χ1) is 28.5. The first kappa shape index (κ1) is 42.3. The fourth-order valence-electron chi connectivity index (χ4n) is 8.51. The van der Waals surface area contributed by atoms with Gasteiger partial charge in [-0.3, -0.25) is 9.59 Å². The number of H-pyrrole nitrogens is 2. The van der Waals surface area contributed by atoms with Crippen LogP contribution in [0.25, 0.3) is 44.2 Å². The van der Waals surface area contributed by atoms with Crippen LogP contribution in [0.15, 0.2) is 54.7 Å². The van der Waals surface area contributed by atoms with Gasteiger partial charge in [0.05, 0.1) is 63.8 Å². The van der Waals surface area contributed by atoms with Crippen molar-refractivity contribution in [1.29, 1.82) is 0 Å². The Kier molecular flexibility index (Phi) is 11.7. The molecule has 1 unspecified atom stereocenters. The molecular weight excluding hydrogens is 791 g/mol. The number of benzene rings is 3. The molecule has 2 fully saturated rings. The molecule has 0 aliphatic carbocycles. The van der Waals surface area contributed by atoms with Crippen LogP contribution in [0.2, 0.25) is 19.1 Å². The van der Waals surface area contributed by atoms with Gasteiger partial charge in [-0.15, -0.1) is 0 Å². The normalized spacial score (nSPS) is 19.9. The van der Waals surface area contributed by atoms with Crippen molar-refractivity contribution in [2.75, 3.05) is 26.9 Å². The van der Waals surface area contributed by atoms with Crippen LogP contribution in [-0.4, -0.2) is 107 Å². The summed E-state index contributed by atoms with van der Waals surface area (Å²) in [7, 11) is 0.651. The number of aromatic amines is 2. The minimum Gasteiger partial charge on any atom is -0.453 e. The molecule has 0 radical (unpaired) electrons. The maximum absolute atomic E-state index is 16.0. The molecule has 4 heterocycles. The highest BCUT2D eigenvalue weighted by Gasteiger charge is 2.46. The molecule has 0 saturated carbocycles. The molecule has 2 aliphatic rings. The van der Waals surface area contributed by atoms with Crippen molar-refractivity contribution in [2.24, 2.45) is 11.8 Å². The van der Waals surface area contributed by atoms with E-state index in [1.54, 1.807) is 26.1 Å². The second-order valence-corrected chi connectivity index (χ2v) is 22.4. The van der Waals surface area contributed by atoms with Crippen LogP contribution in [0.5, 0.6) is 0 Å². The number of fused-ring (bicyclic) bond motifs is 3. The van der Waals surface area contributed by atoms with E-state index in [1.807, 2.05) is 55.1 Å². The first-order valence-electron chi connectivity index (χ1n) is 20.2. The zero-order valence-corrected chi connectivity index (χ0v) is 36.1. The highest BCUT2D eigenvalue weighted by Crippen LogP contribution is 2.40. The average Bonchev–Trinajstić information content (AvgIpc) is 4.02. The predicted octanol–water partition coefficient (Wildman–Crippen LogP) is 7.42. The fraction of sp³-hybridized carbons (Fsp3) is 0.442. The fourth-order valence-corrected chi connectivity index (χ4v) is 11.4. The van der Waals surface area contributed by atoms with E-state index in [4.69, 9.17) is 14.5 Å². The summed E-state index contributed by atoms with van der Waals surface area (Å²) in [5.41, 5.74) is 3.61. The van der Waals surface area contributed by atoms with Gasteiger partial charge in [-0.1, -0.05) is 71.1 Å². The van der Waals surface area contributed by atoms with E-state index in [2.05, 4.69) is 38.7 Å². The largest absolute Gasteiger partial charge is 0.453 e. The molecule has 2 aliphatic heterocycles. The number of methoxy groups -OCH3 is 2. The number of carbonyl (C=O) groups excluding carboxylic acids is 4. The quantitative estimate of drug-likeness (QED) is 0.105. The minimum atomic E-state index is -1.83. The second kappa shape index (κ2) is 16.7. The molecule has 14 nitrogen and oxygen atoms in total. The number of rotatable bonds is 10. The van der Waals surface area contributed by atoms with Gasteiger partial charge >= 0.3 is 12.2 Å². The van der Waals surface area contributed by atoms with E-state index in [9.17, 15) is 23.6 Å². The van der Waals surface area contributed by atoms with E-state index in [-0.39, 0.29) is 36.8 Å². The van der Waals surface area contributed by atoms with Crippen LogP contribution >= 0.6 is 0 Å². The van der Waals surface area contributed by atoms with Crippen LogP contribution in [0.1, 0.15) is 57.8 Å². The number of amides is 4.